The average Bonchev–Trinajstić information content (AvgIpc) is 2.41. The van der Waals surface area contributed by atoms with Gasteiger partial charge in [-0.25, -0.2) is 4.39 Å². The normalized spacial score (nSPS) is 10.5. The second-order valence-electron chi connectivity index (χ2n) is 4.35. The van der Waals surface area contributed by atoms with Crippen LogP contribution in [0.1, 0.15) is 11.1 Å². The van der Waals surface area contributed by atoms with Gasteiger partial charge in [-0.2, -0.15) is 0 Å². The van der Waals surface area contributed by atoms with Gasteiger partial charge < -0.3 is 10.5 Å². The van der Waals surface area contributed by atoms with Gasteiger partial charge in [-0.1, -0.05) is 22.0 Å². The summed E-state index contributed by atoms with van der Waals surface area (Å²) in [5.74, 6) is -0.262. The van der Waals surface area contributed by atoms with Crippen LogP contribution < -0.4 is 10.5 Å². The molecule has 0 aliphatic rings. The molecular formula is C14H12BrFN2O3. The highest BCUT2D eigenvalue weighted by molar-refractivity contribution is 9.10. The predicted octanol–water partition coefficient (Wildman–Crippen LogP) is 4.06. The zero-order valence-electron chi connectivity index (χ0n) is 11.1. The highest BCUT2D eigenvalue weighted by Crippen LogP contribution is 2.38. The molecule has 0 heterocycles. The Labute approximate surface area is 128 Å². The number of halogens is 2. The van der Waals surface area contributed by atoms with Crippen LogP contribution in [0.2, 0.25) is 0 Å². The first-order chi connectivity index (χ1) is 9.93. The summed E-state index contributed by atoms with van der Waals surface area (Å²) < 4.78 is 19.8. The number of ether oxygens (including phenoxy) is 1. The third-order valence-electron chi connectivity index (χ3n) is 2.91. The van der Waals surface area contributed by atoms with Crippen LogP contribution in [0.15, 0.2) is 34.8 Å². The number of nitrogens with zero attached hydrogens (tertiary/aromatic N) is 1. The van der Waals surface area contributed by atoms with Crippen molar-refractivity contribution in [1.82, 2.24) is 0 Å². The fraction of sp³-hybridized carbons (Fsp3) is 0.143. The largest absolute Gasteiger partial charge is 0.449 e. The Morgan fingerprint density at radius 2 is 2.14 bits per heavy atom. The van der Waals surface area contributed by atoms with E-state index >= 15 is 0 Å². The van der Waals surface area contributed by atoms with Gasteiger partial charge in [0, 0.05) is 22.6 Å². The van der Waals surface area contributed by atoms with E-state index in [1.54, 1.807) is 13.0 Å². The Bertz CT molecular complexity index is 707. The third kappa shape index (κ3) is 3.20. The smallest absolute Gasteiger partial charge is 0.312 e. The molecule has 2 aromatic rings. The number of aryl methyl sites for hydroxylation is 1. The Kier molecular flexibility index (Phi) is 4.54. The molecule has 0 radical (unpaired) electrons. The molecule has 0 saturated carbocycles. The molecule has 110 valence electrons. The Balaban J connectivity index is 2.54. The minimum Gasteiger partial charge on any atom is -0.449 e. The lowest BCUT2D eigenvalue weighted by atomic mass is 10.1. The van der Waals surface area contributed by atoms with E-state index in [-0.39, 0.29) is 29.3 Å². The van der Waals surface area contributed by atoms with Gasteiger partial charge in [0.2, 0.25) is 5.75 Å². The number of nitrogens with two attached hydrogens (primary N) is 1. The van der Waals surface area contributed by atoms with E-state index in [1.807, 2.05) is 0 Å². The lowest BCUT2D eigenvalue weighted by Gasteiger charge is -2.13. The molecule has 0 unspecified atom stereocenters. The van der Waals surface area contributed by atoms with Gasteiger partial charge in [-0.15, -0.1) is 0 Å². The van der Waals surface area contributed by atoms with Crippen molar-refractivity contribution in [3.8, 4) is 11.5 Å². The molecule has 0 amide bonds. The zero-order chi connectivity index (χ0) is 15.6. The summed E-state index contributed by atoms with van der Waals surface area (Å²) in [6.45, 7) is 1.61. The number of nitro groups is 1. The molecule has 2 rings (SSSR count). The standard InChI is InChI=1S/C14H12BrFN2O3/c1-8-5-9(15)6-12(18(19)20)14(8)21-13-4-2-3-11(16)10(13)7-17/h2-6H,7,17H2,1H3. The first-order valence-corrected chi connectivity index (χ1v) is 6.83. The molecule has 5 nitrogen and oxygen atoms in total. The van der Waals surface area contributed by atoms with Crippen molar-refractivity contribution >= 4 is 21.6 Å². The van der Waals surface area contributed by atoms with Crippen molar-refractivity contribution in [2.75, 3.05) is 0 Å². The molecule has 2 N–H and O–H groups in total. The van der Waals surface area contributed by atoms with Crippen molar-refractivity contribution in [3.05, 3.63) is 61.9 Å². The van der Waals surface area contributed by atoms with Crippen LogP contribution in [0, 0.1) is 22.9 Å². The summed E-state index contributed by atoms with van der Waals surface area (Å²) in [6, 6.07) is 7.27. The quantitative estimate of drug-likeness (QED) is 0.663. The van der Waals surface area contributed by atoms with Crippen LogP contribution in [0.5, 0.6) is 11.5 Å². The van der Waals surface area contributed by atoms with Crippen molar-refractivity contribution in [2.45, 2.75) is 13.5 Å². The van der Waals surface area contributed by atoms with Gasteiger partial charge in [0.25, 0.3) is 0 Å². The second kappa shape index (κ2) is 6.19. The van der Waals surface area contributed by atoms with E-state index in [0.29, 0.717) is 10.0 Å². The van der Waals surface area contributed by atoms with Gasteiger partial charge in [-0.3, -0.25) is 10.1 Å². The van der Waals surface area contributed by atoms with Crippen molar-refractivity contribution in [1.29, 1.82) is 0 Å². The van der Waals surface area contributed by atoms with Crippen LogP contribution in [-0.4, -0.2) is 4.92 Å². The molecule has 0 saturated heterocycles. The van der Waals surface area contributed by atoms with Crippen LogP contribution in [0.25, 0.3) is 0 Å². The molecule has 0 aliphatic heterocycles. The van der Waals surface area contributed by atoms with Crippen molar-refractivity contribution < 1.29 is 14.1 Å². The van der Waals surface area contributed by atoms with E-state index in [9.17, 15) is 14.5 Å². The maximum Gasteiger partial charge on any atom is 0.312 e. The molecular weight excluding hydrogens is 343 g/mol. The number of benzene rings is 2. The summed E-state index contributed by atoms with van der Waals surface area (Å²) in [4.78, 5) is 10.6. The van der Waals surface area contributed by atoms with Crippen LogP contribution in [0.3, 0.4) is 0 Å². The molecule has 0 fully saturated rings. The van der Waals surface area contributed by atoms with E-state index in [0.717, 1.165) is 0 Å². The van der Waals surface area contributed by atoms with Gasteiger partial charge in [0.1, 0.15) is 11.6 Å². The number of hydrogen-bond acceptors (Lipinski definition) is 4. The molecule has 21 heavy (non-hydrogen) atoms. The molecule has 0 spiro atoms. The minimum atomic E-state index is -0.547. The van der Waals surface area contributed by atoms with E-state index < -0.39 is 10.7 Å². The van der Waals surface area contributed by atoms with Crippen molar-refractivity contribution in [2.24, 2.45) is 5.73 Å². The number of nitro benzene ring substituents is 1. The topological polar surface area (TPSA) is 78.4 Å². The number of rotatable bonds is 4. The zero-order valence-corrected chi connectivity index (χ0v) is 12.7. The minimum absolute atomic E-state index is 0.0641. The molecule has 2 aromatic carbocycles. The Morgan fingerprint density at radius 3 is 2.76 bits per heavy atom. The summed E-state index contributed by atoms with van der Waals surface area (Å²) in [7, 11) is 0. The first-order valence-electron chi connectivity index (χ1n) is 6.04. The van der Waals surface area contributed by atoms with Crippen LogP contribution >= 0.6 is 15.9 Å². The predicted molar refractivity (Wildman–Crippen MR) is 79.9 cm³/mol. The molecule has 0 atom stereocenters. The first kappa shape index (κ1) is 15.4. The monoisotopic (exact) mass is 354 g/mol. The maximum atomic E-state index is 13.7. The second-order valence-corrected chi connectivity index (χ2v) is 5.27. The van der Waals surface area contributed by atoms with Gasteiger partial charge in [0.15, 0.2) is 0 Å². The lowest BCUT2D eigenvalue weighted by molar-refractivity contribution is -0.385. The summed E-state index contributed by atoms with van der Waals surface area (Å²) in [5, 5.41) is 11.1. The number of hydrogen-bond donors (Lipinski definition) is 1. The molecule has 7 heteroatoms. The lowest BCUT2D eigenvalue weighted by Crippen LogP contribution is -2.04. The molecule has 0 aromatic heterocycles. The fourth-order valence-electron chi connectivity index (χ4n) is 1.92. The SMILES string of the molecule is Cc1cc(Br)cc([N+](=O)[O-])c1Oc1cccc(F)c1CN. The molecule has 0 aliphatic carbocycles. The van der Waals surface area contributed by atoms with Gasteiger partial charge in [0.05, 0.1) is 4.92 Å². The van der Waals surface area contributed by atoms with E-state index in [4.69, 9.17) is 10.5 Å². The van der Waals surface area contributed by atoms with E-state index in [2.05, 4.69) is 15.9 Å². The average molecular weight is 355 g/mol. The highest BCUT2D eigenvalue weighted by atomic mass is 79.9. The summed E-state index contributed by atoms with van der Waals surface area (Å²) >= 11 is 3.20. The fourth-order valence-corrected chi connectivity index (χ4v) is 2.48. The summed E-state index contributed by atoms with van der Waals surface area (Å²) in [6.07, 6.45) is 0. The molecule has 0 bridgehead atoms. The summed E-state index contributed by atoms with van der Waals surface area (Å²) in [5.41, 5.74) is 6.04. The highest BCUT2D eigenvalue weighted by Gasteiger charge is 2.21. The van der Waals surface area contributed by atoms with Crippen LogP contribution in [-0.2, 0) is 6.54 Å². The van der Waals surface area contributed by atoms with Crippen molar-refractivity contribution in [3.63, 3.8) is 0 Å². The van der Waals surface area contributed by atoms with Gasteiger partial charge in [-0.05, 0) is 30.7 Å². The van der Waals surface area contributed by atoms with Crippen LogP contribution in [0.4, 0.5) is 10.1 Å². The Morgan fingerprint density at radius 1 is 1.43 bits per heavy atom. The third-order valence-corrected chi connectivity index (χ3v) is 3.37. The van der Waals surface area contributed by atoms with Gasteiger partial charge >= 0.3 is 5.69 Å². The van der Waals surface area contributed by atoms with E-state index in [1.165, 1.54) is 24.3 Å². The maximum absolute atomic E-state index is 13.7. The Hall–Kier alpha value is -1.99.